The minimum absolute atomic E-state index is 0.00565. The van der Waals surface area contributed by atoms with Crippen LogP contribution in [0.5, 0.6) is 69.0 Å². The molecule has 0 saturated carbocycles. The van der Waals surface area contributed by atoms with E-state index in [-0.39, 0.29) is 59.9 Å². The molecule has 40 nitrogen and oxygen atoms in total. The Balaban J connectivity index is 1.05. The van der Waals surface area contributed by atoms with Crippen LogP contribution in [0.4, 0.5) is 0 Å². The van der Waals surface area contributed by atoms with Crippen molar-refractivity contribution < 1.29 is 138 Å². The second-order valence-electron chi connectivity index (χ2n) is 31.5. The van der Waals surface area contributed by atoms with Crippen LogP contribution >= 0.6 is 23.2 Å². The molecule has 128 heavy (non-hydrogen) atoms. The highest BCUT2D eigenvalue weighted by molar-refractivity contribution is 6.33. The third-order valence-electron chi connectivity index (χ3n) is 22.6. The average molecular weight is 1820 g/mol. The van der Waals surface area contributed by atoms with Gasteiger partial charge in [-0.15, -0.1) is 4.91 Å². The number of phenols is 4. The van der Waals surface area contributed by atoms with Crippen LogP contribution in [0.3, 0.4) is 0 Å². The zero-order valence-corrected chi connectivity index (χ0v) is 70.2. The lowest BCUT2D eigenvalue weighted by atomic mass is 9.89. The van der Waals surface area contributed by atoms with Gasteiger partial charge in [-0.1, -0.05) is 105 Å². The fourth-order valence-electron chi connectivity index (χ4n) is 15.7. The van der Waals surface area contributed by atoms with Crippen molar-refractivity contribution in [3.8, 4) is 80.1 Å². The van der Waals surface area contributed by atoms with Gasteiger partial charge in [-0.25, -0.2) is 4.79 Å². The number of hydrogen-bond donors (Lipinski definition) is 21. The standard InChI is InChI=1S/C86H95Cl2N11O29/c1-4-5-6-7-8-9-10-11-13-59(105)92-68-71(108)73(110)76(84(119)120)128-85(68)127-75-56-30-41-31-57(75)124-53-23-18-40(28-48(53)87)69(106)67-83(118)96-65(78(113)90-24-12-25-99(3)98-121)46-32-42(101)33-55(125-86-74(111)72(109)70(107)58(36-100)126-86)60(46)45-27-38(16-21-50(45)102)63(80(115)97-67)93-81(116)64(41)94-82(117)66-47-34-44(35-52(104)61(47)88)123-54-29-39(17-22-51(54)103)62(89-2)79(114)91-49(77(112)95-66)26-37-14-19-43(122-56)20-15-37/h14-23,27-35,49,58,62-74,76,85-86,89,100-104,106-111H,4-13,24-26,36H2,1-3H3,(H,90,113)(H,91,114)(H,92,105)(H,93,116)(H,94,117)(H,95,112)(H,96,118)(H,97,115)(H,119,120)/t49-,58-,62-,63+,64-,65+,66-,67+,68-,69-,70+,71-,72+,73+,74+,76-,85-,86-/m1/s1. The van der Waals surface area contributed by atoms with E-state index in [0.717, 1.165) is 116 Å². The summed E-state index contributed by atoms with van der Waals surface area (Å²) in [6, 6.07) is 5.07. The van der Waals surface area contributed by atoms with Gasteiger partial charge in [0.1, 0.15) is 131 Å². The average Bonchev–Trinajstić information content (AvgIpc) is 0.746. The Morgan fingerprint density at radius 1 is 0.570 bits per heavy atom. The maximum absolute atomic E-state index is 16.8. The first-order chi connectivity index (χ1) is 61.2. The monoisotopic (exact) mass is 1820 g/mol. The molecule has 21 N–H and O–H groups in total. The van der Waals surface area contributed by atoms with E-state index in [4.69, 9.17) is 56.4 Å². The van der Waals surface area contributed by atoms with Gasteiger partial charge in [0.05, 0.1) is 21.9 Å². The van der Waals surface area contributed by atoms with Crippen molar-refractivity contribution in [1.82, 2.24) is 52.9 Å². The summed E-state index contributed by atoms with van der Waals surface area (Å²) >= 11 is 14.3. The second-order valence-corrected chi connectivity index (χ2v) is 32.3. The van der Waals surface area contributed by atoms with Gasteiger partial charge < -0.3 is 142 Å². The molecule has 682 valence electrons. The Bertz CT molecular complexity index is 5370. The van der Waals surface area contributed by atoms with Gasteiger partial charge in [0.15, 0.2) is 29.1 Å². The predicted octanol–water partition coefficient (Wildman–Crippen LogP) is 3.97. The van der Waals surface area contributed by atoms with Gasteiger partial charge >= 0.3 is 5.97 Å². The molecule has 0 aliphatic carbocycles. The fourth-order valence-corrected chi connectivity index (χ4v) is 16.2. The smallest absolute Gasteiger partial charge is 0.335 e. The van der Waals surface area contributed by atoms with Gasteiger partial charge in [0.25, 0.3) is 0 Å². The molecular weight excluding hydrogens is 1720 g/mol. The van der Waals surface area contributed by atoms with Crippen molar-refractivity contribution >= 4 is 76.4 Å². The Morgan fingerprint density at radius 2 is 1.22 bits per heavy atom. The van der Waals surface area contributed by atoms with Gasteiger partial charge in [-0.2, -0.15) is 0 Å². The number of aliphatic hydroxyl groups excluding tert-OH is 7. The summed E-state index contributed by atoms with van der Waals surface area (Å²) in [6.07, 6.45) is -15.3. The number of carbonyl (C=O) groups is 9. The van der Waals surface area contributed by atoms with Gasteiger partial charge in [-0.3, -0.25) is 43.4 Å². The van der Waals surface area contributed by atoms with Crippen LogP contribution in [0.1, 0.15) is 146 Å². The Kier molecular flexibility index (Phi) is 29.6. The summed E-state index contributed by atoms with van der Waals surface area (Å²) in [5.41, 5.74) is -2.95. The van der Waals surface area contributed by atoms with E-state index >= 15 is 28.8 Å². The van der Waals surface area contributed by atoms with Crippen LogP contribution in [0.2, 0.25) is 10.0 Å². The number of carbonyl (C=O) groups excluding carboxylic acids is 8. The van der Waals surface area contributed by atoms with Gasteiger partial charge in [0.2, 0.25) is 65.6 Å². The summed E-state index contributed by atoms with van der Waals surface area (Å²) < 4.78 is 44.4. The Morgan fingerprint density at radius 3 is 1.91 bits per heavy atom. The number of aromatic hydroxyl groups is 4. The number of nitrogens with zero attached hydrogens (tertiary/aromatic N) is 2. The van der Waals surface area contributed by atoms with E-state index in [0.29, 0.717) is 12.8 Å². The molecule has 8 heterocycles. The maximum atomic E-state index is 16.8. The maximum Gasteiger partial charge on any atom is 0.335 e. The number of carboxylic acid groups (broad SMARTS) is 1. The van der Waals surface area contributed by atoms with Crippen LogP contribution in [-0.4, -0.2) is 227 Å². The number of rotatable bonds is 23. The molecule has 8 amide bonds. The van der Waals surface area contributed by atoms with Crippen LogP contribution in [0, 0.1) is 4.91 Å². The molecular formula is C86H95Cl2N11O29. The topological polar surface area (TPSA) is 602 Å². The van der Waals surface area contributed by atoms with Crippen molar-refractivity contribution in [2.75, 3.05) is 33.8 Å². The van der Waals surface area contributed by atoms with Crippen molar-refractivity contribution in [2.45, 2.75) is 187 Å². The number of aliphatic carboxylic acids is 1. The number of halogens is 2. The largest absolute Gasteiger partial charge is 0.508 e. The third kappa shape index (κ3) is 20.7. The van der Waals surface area contributed by atoms with Gasteiger partial charge in [-0.05, 0) is 126 Å². The van der Waals surface area contributed by atoms with Crippen LogP contribution in [-0.2, 0) is 59.0 Å². The number of carboxylic acids is 1. The van der Waals surface area contributed by atoms with E-state index in [1.165, 1.54) is 56.6 Å². The predicted molar refractivity (Wildman–Crippen MR) is 447 cm³/mol. The highest BCUT2D eigenvalue weighted by atomic mass is 35.5. The van der Waals surface area contributed by atoms with E-state index in [2.05, 4.69) is 60.1 Å². The lowest BCUT2D eigenvalue weighted by Gasteiger charge is -2.41. The molecule has 0 aromatic heterocycles. The molecule has 0 unspecified atom stereocenters. The van der Waals surface area contributed by atoms with Crippen molar-refractivity contribution in [2.24, 2.45) is 5.29 Å². The summed E-state index contributed by atoms with van der Waals surface area (Å²) in [7, 11) is 2.76. The van der Waals surface area contributed by atoms with Crippen LogP contribution < -0.4 is 71.5 Å². The minimum atomic E-state index is -2.47. The molecule has 15 rings (SSSR count). The Hall–Kier alpha value is -12.4. The second kappa shape index (κ2) is 40.7. The van der Waals surface area contributed by atoms with Crippen molar-refractivity contribution in [1.29, 1.82) is 0 Å². The number of nitrogens with one attached hydrogen (secondary N) is 9. The van der Waals surface area contributed by atoms with Crippen LogP contribution in [0.15, 0.2) is 121 Å². The summed E-state index contributed by atoms with van der Waals surface area (Å²) in [4.78, 5) is 150. The number of phenolic OH excluding ortho intramolecular Hbond substituents is 4. The highest BCUT2D eigenvalue weighted by Crippen LogP contribution is 2.51. The first-order valence-electron chi connectivity index (χ1n) is 41.1. The number of benzene rings is 7. The number of fused-ring (bicyclic) bond motifs is 14. The summed E-state index contributed by atoms with van der Waals surface area (Å²) in [5.74, 6) is -18.5. The van der Waals surface area contributed by atoms with Crippen LogP contribution in [0.25, 0.3) is 11.1 Å². The summed E-state index contributed by atoms with van der Waals surface area (Å²) in [6.45, 7) is 0.760. The minimum Gasteiger partial charge on any atom is -0.508 e. The number of likely N-dealkylation sites (N-methyl/N-ethyl adjacent to an activating group) is 1. The van der Waals surface area contributed by atoms with Gasteiger partial charge in [0, 0.05) is 61.8 Å². The first-order valence-corrected chi connectivity index (χ1v) is 41.8. The lowest BCUT2D eigenvalue weighted by Crippen LogP contribution is -2.66. The van der Waals surface area contributed by atoms with E-state index in [1.54, 1.807) is 0 Å². The normalized spacial score (nSPS) is 25.7. The number of nitroso groups, excluding NO2 is 1. The third-order valence-corrected chi connectivity index (χ3v) is 23.3. The molecule has 0 radical (unpaired) electrons. The van der Waals surface area contributed by atoms with Crippen molar-refractivity contribution in [3.63, 3.8) is 0 Å². The number of ether oxygens (including phenoxy) is 7. The van der Waals surface area contributed by atoms with E-state index < -0.39 is 271 Å². The summed E-state index contributed by atoms with van der Waals surface area (Å²) in [5, 5.41) is 165. The van der Waals surface area contributed by atoms with E-state index in [1.807, 2.05) is 0 Å². The zero-order valence-electron chi connectivity index (χ0n) is 68.7. The fraction of sp³-hybridized carbons (Fsp3) is 0.407. The van der Waals surface area contributed by atoms with E-state index in [9.17, 15) is 80.6 Å². The van der Waals surface area contributed by atoms with Crippen molar-refractivity contribution in [3.05, 3.63) is 169 Å². The molecule has 17 bridgehead atoms. The number of hydrogen-bond acceptors (Lipinski definition) is 30. The molecule has 7 aromatic carbocycles. The lowest BCUT2D eigenvalue weighted by molar-refractivity contribution is -0.277. The molecule has 7 aromatic rings. The first kappa shape index (κ1) is 93.2. The molecule has 2 fully saturated rings. The molecule has 2 saturated heterocycles. The Labute approximate surface area is 739 Å². The molecule has 42 heteroatoms. The molecule has 8 aliphatic heterocycles. The molecule has 8 aliphatic rings. The highest BCUT2D eigenvalue weighted by Gasteiger charge is 2.52. The SMILES string of the molecule is CCCCCCCCCCC(=O)N[C@H]1[C@H](Oc2c3cc4cc2Oc2ccc(cc2Cl)[C@@H](O)[C@@H]2NC(=O)[C@@H](NC(=O)[C@@H]4NC(=O)[C@@H]4NC(=O)[C@@H](Cc5ccc(cc5)O3)NC(=O)[C@H](NC)c3ccc(O)c(c3)Oc3cc(O)c(Cl)c4c3)c3ccc(O)c(c3)-c3c(O[C@@H]4O[C@H](CO)[C@H](O)[C@H](O)[C@@H]4O)cc(O)cc3[C@@H](C(=O)NCCCN(C)N=O)NC2=O)O[C@@H](C(=O)O)[C@@H](O)[C@@H]1O. The number of amides is 8. The number of aliphatic hydroxyl groups is 7. The molecule has 0 spiro atoms. The zero-order chi connectivity index (χ0) is 91.8. The number of unbranched alkanes of at least 4 members (excludes halogenated alkanes) is 7. The quantitative estimate of drug-likeness (QED) is 0.0245. The molecule has 18 atom stereocenters.